The van der Waals surface area contributed by atoms with Gasteiger partial charge in [0.15, 0.2) is 0 Å². The van der Waals surface area contributed by atoms with Crippen LogP contribution in [0.5, 0.6) is 0 Å². The Kier molecular flexibility index (Phi) is 16.1. The fourth-order valence-corrected chi connectivity index (χ4v) is 8.12. The normalized spacial score (nSPS) is 13.5. The zero-order chi connectivity index (χ0) is 54.5. The van der Waals surface area contributed by atoms with Crippen molar-refractivity contribution in [1.82, 2.24) is 0 Å². The van der Waals surface area contributed by atoms with Crippen molar-refractivity contribution in [1.29, 1.82) is 0 Å². The summed E-state index contributed by atoms with van der Waals surface area (Å²) in [6.07, 6.45) is -50.4. The van der Waals surface area contributed by atoms with E-state index in [0.29, 0.717) is 16.5 Å². The third kappa shape index (κ3) is 13.8. The second-order valence-electron chi connectivity index (χ2n) is 15.5. The Morgan fingerprint density at radius 1 is 0.380 bits per heavy atom. The molecule has 0 aromatic heterocycles. The van der Waals surface area contributed by atoms with Crippen LogP contribution in [0.2, 0.25) is 0 Å². The van der Waals surface area contributed by atoms with Gasteiger partial charge in [-0.3, -0.25) is 0 Å². The van der Waals surface area contributed by atoms with E-state index in [9.17, 15) is 110 Å². The monoisotopic (exact) mass is 1070 g/mol. The molecule has 0 atom stereocenters. The molecule has 0 amide bonds. The summed E-state index contributed by atoms with van der Waals surface area (Å²) in [6.45, 7) is 0. The van der Waals surface area contributed by atoms with Crippen LogP contribution in [0.3, 0.4) is 0 Å². The Morgan fingerprint density at radius 3 is 0.732 bits per heavy atom. The Hall–Kier alpha value is -5.70. The summed E-state index contributed by atoms with van der Waals surface area (Å²) in [5, 5.41) is 0. The second-order valence-corrected chi connectivity index (χ2v) is 17.8. The molecular weight excluding hydrogens is 1050 g/mol. The highest BCUT2D eigenvalue weighted by molar-refractivity contribution is 7.94. The molecule has 0 N–H and O–H groups in total. The van der Waals surface area contributed by atoms with Crippen LogP contribution in [0, 0.1) is 0 Å². The number of benzene rings is 5. The van der Waals surface area contributed by atoms with Crippen molar-refractivity contribution in [2.75, 3.05) is 19.6 Å². The van der Waals surface area contributed by atoms with Crippen molar-refractivity contribution in [2.45, 2.75) is 55.2 Å². The van der Waals surface area contributed by atoms with Gasteiger partial charge in [-0.05, 0) is 47.3 Å². The summed E-state index contributed by atoms with van der Waals surface area (Å²) in [6, 6.07) is -1.21. The van der Waals surface area contributed by atoms with Gasteiger partial charge < -0.3 is 4.74 Å². The van der Waals surface area contributed by atoms with Gasteiger partial charge in [0, 0.05) is 5.56 Å². The molecule has 0 spiro atoms. The second kappa shape index (κ2) is 19.7. The minimum absolute atomic E-state index is 0.274. The predicted octanol–water partition coefficient (Wildman–Crippen LogP) is 13.1. The maximum atomic E-state index is 14.2. The van der Waals surface area contributed by atoms with Crippen LogP contribution in [0.15, 0.2) is 97.1 Å². The Balaban J connectivity index is 0.000000671. The van der Waals surface area contributed by atoms with E-state index in [2.05, 4.69) is 17.2 Å². The Morgan fingerprint density at radius 2 is 0.577 bits per heavy atom. The molecule has 0 saturated heterocycles. The molecule has 0 radical (unpaired) electrons. The minimum atomic E-state index is -6.13. The van der Waals surface area contributed by atoms with Crippen LogP contribution in [0.1, 0.15) is 60.4 Å². The summed E-state index contributed by atoms with van der Waals surface area (Å²) in [7, 11) is 1.79. The highest BCUT2D eigenvalue weighted by Crippen LogP contribution is 2.41. The first-order valence-electron chi connectivity index (χ1n) is 19.0. The largest absolute Gasteiger partial charge is 0.465 e. The lowest BCUT2D eigenvalue weighted by Gasteiger charge is -2.46. The molecule has 5 aromatic carbocycles. The lowest BCUT2D eigenvalue weighted by molar-refractivity contribution is -0.144. The zero-order valence-electron chi connectivity index (χ0n) is 35.3. The van der Waals surface area contributed by atoms with E-state index in [4.69, 9.17) is 0 Å². The average Bonchev–Trinajstić information content (AvgIpc) is 3.21. The molecule has 0 aliphatic carbocycles. The lowest BCUT2D eigenvalue weighted by Crippen LogP contribution is -2.75. The minimum Gasteiger partial charge on any atom is -0.465 e. The molecule has 388 valence electrons. The van der Waals surface area contributed by atoms with E-state index in [-0.39, 0.29) is 5.97 Å². The molecule has 28 heteroatoms. The van der Waals surface area contributed by atoms with Gasteiger partial charge in [0.05, 0.1) is 69.7 Å². The molecule has 0 fully saturated rings. The Labute approximate surface area is 386 Å². The van der Waals surface area contributed by atoms with Crippen molar-refractivity contribution in [3.8, 4) is 0 Å². The van der Waals surface area contributed by atoms with Gasteiger partial charge in [-0.25, -0.2) is 4.79 Å². The number of hydrogen-bond acceptors (Lipinski definition) is 2. The maximum absolute atomic E-state index is 14.2. The molecule has 0 unspecified atom stereocenters. The van der Waals surface area contributed by atoms with E-state index in [1.54, 1.807) is 0 Å². The number of halogens is 24. The third-order valence-corrected chi connectivity index (χ3v) is 11.2. The molecular formula is C43H27BF24O2S. The number of rotatable bonds is 7. The first-order chi connectivity index (χ1) is 31.9. The first-order valence-corrected chi connectivity index (χ1v) is 21.2. The topological polar surface area (TPSA) is 26.3 Å². The van der Waals surface area contributed by atoms with E-state index in [1.165, 1.54) is 12.7 Å². The quantitative estimate of drug-likeness (QED) is 0.0703. The summed E-state index contributed by atoms with van der Waals surface area (Å²) in [4.78, 5) is 11.1. The summed E-state index contributed by atoms with van der Waals surface area (Å²) in [5.41, 5.74) is -28.3. The molecule has 0 bridgehead atoms. The molecule has 0 aliphatic rings. The summed E-state index contributed by atoms with van der Waals surface area (Å²) in [5.74, 6) is 0.796. The van der Waals surface area contributed by atoms with Gasteiger partial charge in [-0.1, -0.05) is 60.7 Å². The van der Waals surface area contributed by atoms with Crippen LogP contribution in [-0.4, -0.2) is 31.7 Å². The molecule has 0 aliphatic heterocycles. The SMILES string of the molecule is COC(=O)c1ccc(C[S+](C)C)cc1.FC(F)(F)c1cc([B-](c2cc(C(F)(F)F)cc(C(F)(F)F)c2)(c2cc(C(F)(F)F)cc(C(F)(F)F)c2)c2cc(C(F)(F)F)cc(C(F)(F)F)c2)cc(C(F)(F)F)c1. The van der Waals surface area contributed by atoms with Gasteiger partial charge in [0.2, 0.25) is 0 Å². The number of hydrogen-bond donors (Lipinski definition) is 0. The van der Waals surface area contributed by atoms with Gasteiger partial charge in [-0.15, -0.1) is 0 Å². The zero-order valence-corrected chi connectivity index (χ0v) is 36.1. The van der Waals surface area contributed by atoms with Crippen LogP contribution in [-0.2, 0) is 70.8 Å². The molecule has 2 nitrogen and oxygen atoms in total. The van der Waals surface area contributed by atoms with Crippen molar-refractivity contribution >= 4 is 44.9 Å². The fourth-order valence-electron chi connectivity index (χ4n) is 7.26. The number of ether oxygens (including phenoxy) is 1. The summed E-state index contributed by atoms with van der Waals surface area (Å²) < 4.78 is 345. The number of carbonyl (C=O) groups excluding carboxylic acids is 1. The third-order valence-electron chi connectivity index (χ3n) is 10.3. The van der Waals surface area contributed by atoms with Gasteiger partial charge in [-0.2, -0.15) is 127 Å². The summed E-state index contributed by atoms with van der Waals surface area (Å²) >= 11 is 0. The first kappa shape index (κ1) is 57.9. The number of carbonyl (C=O) groups is 1. The highest BCUT2D eigenvalue weighted by Gasteiger charge is 2.47. The predicted molar refractivity (Wildman–Crippen MR) is 211 cm³/mol. The van der Waals surface area contributed by atoms with Crippen molar-refractivity contribution in [3.63, 3.8) is 0 Å². The van der Waals surface area contributed by atoms with E-state index >= 15 is 0 Å². The standard InChI is InChI=1S/C32H12BF24.C11H15O2S/c34-25(35,36)13-1-14(26(37,38)39)6-21(5-13)33(22-7-15(27(40,41)42)2-16(8-22)28(43,44)45,23-9-17(29(46,47)48)3-18(10-23)30(49,50)51)24-11-19(31(52,53)54)4-20(12-24)32(55,56)57;1-13-11(12)10-6-4-9(5-7-10)8-14(2)3/h1-12H;4-7H,8H2,1-3H3/q-1;+1. The van der Waals surface area contributed by atoms with E-state index in [1.807, 2.05) is 24.3 Å². The highest BCUT2D eigenvalue weighted by atomic mass is 32.2. The maximum Gasteiger partial charge on any atom is 0.416 e. The van der Waals surface area contributed by atoms with Crippen LogP contribution in [0.4, 0.5) is 105 Å². The van der Waals surface area contributed by atoms with Gasteiger partial charge >= 0.3 is 55.4 Å². The molecule has 5 rings (SSSR count). The van der Waals surface area contributed by atoms with Crippen molar-refractivity contribution in [3.05, 3.63) is 153 Å². The fraction of sp³-hybridized carbons (Fsp3) is 0.279. The van der Waals surface area contributed by atoms with Gasteiger partial charge in [0.1, 0.15) is 11.9 Å². The Bertz CT molecular complexity index is 2270. The van der Waals surface area contributed by atoms with Crippen molar-refractivity contribution in [2.24, 2.45) is 0 Å². The van der Waals surface area contributed by atoms with E-state index < -0.39 is 195 Å². The molecule has 71 heavy (non-hydrogen) atoms. The molecule has 5 aromatic rings. The molecule has 0 heterocycles. The van der Waals surface area contributed by atoms with Crippen LogP contribution >= 0.6 is 0 Å². The van der Waals surface area contributed by atoms with E-state index in [0.717, 1.165) is 5.75 Å². The van der Waals surface area contributed by atoms with Crippen LogP contribution < -0.4 is 21.9 Å². The smallest absolute Gasteiger partial charge is 0.416 e. The number of esters is 1. The lowest BCUT2D eigenvalue weighted by atomic mass is 9.12. The van der Waals surface area contributed by atoms with Gasteiger partial charge in [0.25, 0.3) is 0 Å². The average molecular weight is 1070 g/mol. The number of methoxy groups -OCH3 is 1. The van der Waals surface area contributed by atoms with Crippen LogP contribution in [0.25, 0.3) is 0 Å². The number of alkyl halides is 24. The molecule has 0 saturated carbocycles. The van der Waals surface area contributed by atoms with Crippen molar-refractivity contribution < 1.29 is 115 Å².